The summed E-state index contributed by atoms with van der Waals surface area (Å²) in [6.45, 7) is 0.0440. The molecule has 0 saturated carbocycles. The molecule has 25 heavy (non-hydrogen) atoms. The van der Waals surface area contributed by atoms with Crippen LogP contribution in [0.3, 0.4) is 0 Å². The molecule has 6 nitrogen and oxygen atoms in total. The standard InChI is InChI=1S/C19H14N2O4/c22-17-12-6-2-1-5-11(12)9-15(20-17)18(23)21-10-14(19(24)25)13-7-3-4-8-16(13)21/h1-9,14H,10H2,(H,20,22)(H,24,25)/t14-/m1/s1. The minimum atomic E-state index is -0.977. The van der Waals surface area contributed by atoms with E-state index in [1.54, 1.807) is 54.6 Å². The van der Waals surface area contributed by atoms with Crippen molar-refractivity contribution in [3.63, 3.8) is 0 Å². The van der Waals surface area contributed by atoms with Gasteiger partial charge in [0.2, 0.25) is 0 Å². The number of nitrogens with zero attached hydrogens (tertiary/aromatic N) is 1. The Hall–Kier alpha value is -3.41. The van der Waals surface area contributed by atoms with Crippen molar-refractivity contribution >= 4 is 28.3 Å². The Morgan fingerprint density at radius 2 is 1.80 bits per heavy atom. The Labute approximate surface area is 142 Å². The number of H-pyrrole nitrogens is 1. The second kappa shape index (κ2) is 5.59. The fourth-order valence-corrected chi connectivity index (χ4v) is 3.28. The number of benzene rings is 2. The van der Waals surface area contributed by atoms with Gasteiger partial charge in [-0.3, -0.25) is 14.4 Å². The van der Waals surface area contributed by atoms with Crippen LogP contribution in [-0.4, -0.2) is 28.5 Å². The van der Waals surface area contributed by atoms with Crippen LogP contribution in [0.15, 0.2) is 59.4 Å². The number of anilines is 1. The fraction of sp³-hybridized carbons (Fsp3) is 0.105. The Balaban J connectivity index is 1.80. The maximum Gasteiger partial charge on any atom is 0.312 e. The Bertz CT molecular complexity index is 1070. The zero-order valence-electron chi connectivity index (χ0n) is 13.1. The van der Waals surface area contributed by atoms with E-state index in [9.17, 15) is 19.5 Å². The summed E-state index contributed by atoms with van der Waals surface area (Å²) in [6.07, 6.45) is 0. The first-order chi connectivity index (χ1) is 12.1. The topological polar surface area (TPSA) is 90.5 Å². The van der Waals surface area contributed by atoms with E-state index >= 15 is 0 Å². The first kappa shape index (κ1) is 15.1. The molecular formula is C19H14N2O4. The van der Waals surface area contributed by atoms with E-state index in [1.807, 2.05) is 0 Å². The van der Waals surface area contributed by atoms with E-state index in [1.165, 1.54) is 4.90 Å². The largest absolute Gasteiger partial charge is 0.481 e. The van der Waals surface area contributed by atoms with E-state index in [4.69, 9.17) is 0 Å². The van der Waals surface area contributed by atoms with Gasteiger partial charge in [0.15, 0.2) is 0 Å². The van der Waals surface area contributed by atoms with Crippen molar-refractivity contribution in [2.75, 3.05) is 11.4 Å². The number of carboxylic acids is 1. The number of nitrogens with one attached hydrogen (secondary N) is 1. The normalized spacial score (nSPS) is 16.0. The molecule has 1 amide bonds. The molecule has 2 heterocycles. The van der Waals surface area contributed by atoms with Crippen molar-refractivity contribution in [1.82, 2.24) is 4.98 Å². The molecule has 0 radical (unpaired) electrons. The first-order valence-electron chi connectivity index (χ1n) is 7.82. The Kier molecular flexibility index (Phi) is 3.39. The molecule has 1 aliphatic heterocycles. The number of fused-ring (bicyclic) bond motifs is 2. The summed E-state index contributed by atoms with van der Waals surface area (Å²) in [6, 6.07) is 15.6. The third kappa shape index (κ3) is 2.39. The predicted octanol–water partition coefficient (Wildman–Crippen LogP) is 2.36. The van der Waals surface area contributed by atoms with Gasteiger partial charge in [-0.2, -0.15) is 0 Å². The summed E-state index contributed by atoms with van der Waals surface area (Å²) in [4.78, 5) is 40.7. The van der Waals surface area contributed by atoms with Crippen LogP contribution in [-0.2, 0) is 4.79 Å². The number of pyridine rings is 1. The maximum atomic E-state index is 12.9. The van der Waals surface area contributed by atoms with Gasteiger partial charge in [0.05, 0.1) is 0 Å². The highest BCUT2D eigenvalue weighted by molar-refractivity contribution is 6.09. The van der Waals surface area contributed by atoms with E-state index in [2.05, 4.69) is 4.98 Å². The molecule has 3 aromatic rings. The van der Waals surface area contributed by atoms with Gasteiger partial charge in [-0.05, 0) is 29.1 Å². The average molecular weight is 334 g/mol. The minimum absolute atomic E-state index is 0.0440. The number of hydrogen-bond donors (Lipinski definition) is 2. The van der Waals surface area contributed by atoms with Gasteiger partial charge in [0.25, 0.3) is 11.5 Å². The number of hydrogen-bond acceptors (Lipinski definition) is 3. The highest BCUT2D eigenvalue weighted by atomic mass is 16.4. The molecule has 0 spiro atoms. The number of aliphatic carboxylic acids is 1. The molecule has 0 aliphatic carbocycles. The lowest BCUT2D eigenvalue weighted by molar-refractivity contribution is -0.138. The second-order valence-corrected chi connectivity index (χ2v) is 5.96. The van der Waals surface area contributed by atoms with Crippen LogP contribution in [0, 0.1) is 0 Å². The zero-order chi connectivity index (χ0) is 17.6. The number of carboxylic acid groups (broad SMARTS) is 1. The van der Waals surface area contributed by atoms with Gasteiger partial charge in [-0.15, -0.1) is 0 Å². The highest BCUT2D eigenvalue weighted by Gasteiger charge is 2.36. The summed E-state index contributed by atoms with van der Waals surface area (Å²) in [5.41, 5.74) is 0.966. The van der Waals surface area contributed by atoms with Gasteiger partial charge in [-0.1, -0.05) is 36.4 Å². The van der Waals surface area contributed by atoms with Crippen molar-refractivity contribution in [3.8, 4) is 0 Å². The molecule has 124 valence electrons. The number of aromatic amines is 1. The van der Waals surface area contributed by atoms with Crippen LogP contribution in [0.25, 0.3) is 10.8 Å². The summed E-state index contributed by atoms with van der Waals surface area (Å²) in [7, 11) is 0. The van der Waals surface area contributed by atoms with Gasteiger partial charge >= 0.3 is 5.97 Å². The molecular weight excluding hydrogens is 320 g/mol. The first-order valence-corrected chi connectivity index (χ1v) is 7.82. The zero-order valence-corrected chi connectivity index (χ0v) is 13.1. The summed E-state index contributed by atoms with van der Waals surface area (Å²) in [5, 5.41) is 10.6. The molecule has 6 heteroatoms. The van der Waals surface area contributed by atoms with Gasteiger partial charge in [0, 0.05) is 17.6 Å². The number of carbonyl (C=O) groups is 2. The summed E-state index contributed by atoms with van der Waals surface area (Å²) in [5.74, 6) is -2.17. The lowest BCUT2D eigenvalue weighted by atomic mass is 10.0. The number of para-hydroxylation sites is 1. The molecule has 2 N–H and O–H groups in total. The lowest BCUT2D eigenvalue weighted by Gasteiger charge is -2.17. The summed E-state index contributed by atoms with van der Waals surface area (Å²) >= 11 is 0. The van der Waals surface area contributed by atoms with Gasteiger partial charge in [-0.25, -0.2) is 0 Å². The number of carbonyl (C=O) groups excluding carboxylic acids is 1. The van der Waals surface area contributed by atoms with Gasteiger partial charge < -0.3 is 15.0 Å². The van der Waals surface area contributed by atoms with Crippen molar-refractivity contribution in [2.45, 2.75) is 5.92 Å². The van der Waals surface area contributed by atoms with Crippen LogP contribution in [0.2, 0.25) is 0 Å². The SMILES string of the molecule is O=C(O)[C@@H]1CN(C(=O)c2cc3ccccc3c(=O)[nH]2)c2ccccc21. The van der Waals surface area contributed by atoms with Gasteiger partial charge in [0.1, 0.15) is 11.6 Å². The van der Waals surface area contributed by atoms with E-state index < -0.39 is 17.8 Å². The van der Waals surface area contributed by atoms with Crippen molar-refractivity contribution in [3.05, 3.63) is 76.2 Å². The van der Waals surface area contributed by atoms with Crippen LogP contribution < -0.4 is 10.5 Å². The van der Waals surface area contributed by atoms with Crippen molar-refractivity contribution < 1.29 is 14.7 Å². The Morgan fingerprint density at radius 1 is 1.08 bits per heavy atom. The second-order valence-electron chi connectivity index (χ2n) is 5.96. The van der Waals surface area contributed by atoms with E-state index in [-0.39, 0.29) is 17.8 Å². The molecule has 0 unspecified atom stereocenters. The fourth-order valence-electron chi connectivity index (χ4n) is 3.28. The molecule has 0 saturated heterocycles. The smallest absolute Gasteiger partial charge is 0.312 e. The molecule has 1 atom stereocenters. The molecule has 0 bridgehead atoms. The van der Waals surface area contributed by atoms with Crippen LogP contribution in [0.1, 0.15) is 22.0 Å². The van der Waals surface area contributed by atoms with Crippen molar-refractivity contribution in [2.24, 2.45) is 0 Å². The minimum Gasteiger partial charge on any atom is -0.481 e. The number of aromatic nitrogens is 1. The monoisotopic (exact) mass is 334 g/mol. The lowest BCUT2D eigenvalue weighted by Crippen LogP contribution is -2.32. The van der Waals surface area contributed by atoms with E-state index in [0.717, 1.165) is 0 Å². The molecule has 1 aliphatic rings. The molecule has 4 rings (SSSR count). The third-order valence-electron chi connectivity index (χ3n) is 4.50. The highest BCUT2D eigenvalue weighted by Crippen LogP contribution is 2.36. The predicted molar refractivity (Wildman–Crippen MR) is 93.1 cm³/mol. The van der Waals surface area contributed by atoms with Crippen molar-refractivity contribution in [1.29, 1.82) is 0 Å². The molecule has 1 aromatic heterocycles. The van der Waals surface area contributed by atoms with Crippen LogP contribution >= 0.6 is 0 Å². The third-order valence-corrected chi connectivity index (χ3v) is 4.50. The summed E-state index contributed by atoms with van der Waals surface area (Å²) < 4.78 is 0. The van der Waals surface area contributed by atoms with Crippen LogP contribution in [0.5, 0.6) is 0 Å². The number of rotatable bonds is 2. The Morgan fingerprint density at radius 3 is 2.60 bits per heavy atom. The number of amides is 1. The average Bonchev–Trinajstić information content (AvgIpc) is 3.01. The van der Waals surface area contributed by atoms with E-state index in [0.29, 0.717) is 22.0 Å². The quantitative estimate of drug-likeness (QED) is 0.753. The molecule has 2 aromatic carbocycles. The van der Waals surface area contributed by atoms with Crippen LogP contribution in [0.4, 0.5) is 5.69 Å². The maximum absolute atomic E-state index is 12.9. The molecule has 0 fully saturated rings.